The van der Waals surface area contributed by atoms with Gasteiger partial charge in [0.05, 0.1) is 22.4 Å². The van der Waals surface area contributed by atoms with Crippen molar-refractivity contribution in [3.05, 3.63) is 59.7 Å². The molecule has 0 atom stereocenters. The lowest BCUT2D eigenvalue weighted by Gasteiger charge is -2.46. The molecule has 0 aromatic heterocycles. The highest BCUT2D eigenvalue weighted by molar-refractivity contribution is 6.47. The maximum Gasteiger partial charge on any atom is 0.309 e. The molecule has 0 aliphatic heterocycles. The third kappa shape index (κ3) is 6.60. The molecule has 0 unspecified atom stereocenters. The van der Waals surface area contributed by atoms with E-state index >= 15 is 0 Å². The Hall–Kier alpha value is -1.67. The van der Waals surface area contributed by atoms with E-state index in [0.717, 1.165) is 36.7 Å². The molecule has 3 rings (SSSR count). The summed E-state index contributed by atoms with van der Waals surface area (Å²) in [6.45, 7) is 7.81. The van der Waals surface area contributed by atoms with Crippen LogP contribution in [-0.2, 0) is 34.8 Å². The zero-order valence-electron chi connectivity index (χ0n) is 23.1. The average Bonchev–Trinajstić information content (AvgIpc) is 2.86. The van der Waals surface area contributed by atoms with Crippen LogP contribution < -0.4 is 10.9 Å². The Bertz CT molecular complexity index is 946. The van der Waals surface area contributed by atoms with Crippen LogP contribution in [0.3, 0.4) is 0 Å². The maximum atomic E-state index is 10.4. The minimum Gasteiger partial charge on any atom is -0.427 e. The number of ether oxygens (including phenoxy) is 4. The first kappa shape index (κ1) is 28.9. The van der Waals surface area contributed by atoms with E-state index in [0.29, 0.717) is 7.48 Å². The zero-order chi connectivity index (χ0) is 26.5. The zero-order valence-corrected chi connectivity index (χ0v) is 23.1. The summed E-state index contributed by atoms with van der Waals surface area (Å²) in [7, 11) is 5.83. The third-order valence-corrected chi connectivity index (χ3v) is 7.90. The summed E-state index contributed by atoms with van der Waals surface area (Å²) in [5.41, 5.74) is 2.07. The van der Waals surface area contributed by atoms with Gasteiger partial charge in [0, 0.05) is 14.2 Å². The molecule has 0 amide bonds. The summed E-state index contributed by atoms with van der Waals surface area (Å²) in [6, 6.07) is 17.0. The Labute approximate surface area is 218 Å². The largest absolute Gasteiger partial charge is 0.427 e. The third-order valence-electron chi connectivity index (χ3n) is 7.90. The van der Waals surface area contributed by atoms with Crippen molar-refractivity contribution in [3.8, 4) is 0 Å². The summed E-state index contributed by atoms with van der Waals surface area (Å²) < 4.78 is 29.4. The van der Waals surface area contributed by atoms with Gasteiger partial charge < -0.3 is 28.7 Å². The molecule has 0 heterocycles. The smallest absolute Gasteiger partial charge is 0.309 e. The number of aliphatic hydroxyl groups is 1. The van der Waals surface area contributed by atoms with Crippen LogP contribution in [0.15, 0.2) is 48.5 Å². The first-order chi connectivity index (χ1) is 17.0. The van der Waals surface area contributed by atoms with Gasteiger partial charge in [0.1, 0.15) is 21.4 Å². The lowest BCUT2D eigenvalue weighted by atomic mass is 9.69. The number of hydrogen-bond acceptors (Lipinski definition) is 6. The monoisotopic (exact) mass is 496 g/mol. The van der Waals surface area contributed by atoms with Gasteiger partial charge in [0.25, 0.3) is 0 Å². The van der Waals surface area contributed by atoms with E-state index in [9.17, 15) is 5.11 Å². The molecule has 36 heavy (non-hydrogen) atoms. The Morgan fingerprint density at radius 1 is 0.778 bits per heavy atom. The van der Waals surface area contributed by atoms with Crippen molar-refractivity contribution in [1.29, 1.82) is 0 Å². The molecule has 2 aromatic rings. The molecular formula is C28H42B2O6. The minimum absolute atomic E-state index is 0.223. The van der Waals surface area contributed by atoms with Gasteiger partial charge in [-0.2, -0.15) is 0 Å². The van der Waals surface area contributed by atoms with Crippen molar-refractivity contribution in [2.45, 2.75) is 75.8 Å². The van der Waals surface area contributed by atoms with E-state index in [1.807, 2.05) is 13.8 Å². The van der Waals surface area contributed by atoms with E-state index < -0.39 is 22.4 Å². The summed E-state index contributed by atoms with van der Waals surface area (Å²) >= 11 is 0. The predicted octanol–water partition coefficient (Wildman–Crippen LogP) is 2.39. The number of benzene rings is 2. The van der Waals surface area contributed by atoms with Crippen molar-refractivity contribution in [1.82, 2.24) is 0 Å². The maximum absolute atomic E-state index is 10.4. The van der Waals surface area contributed by atoms with Gasteiger partial charge in [0.15, 0.2) is 0 Å². The molecule has 1 saturated carbocycles. The lowest BCUT2D eigenvalue weighted by molar-refractivity contribution is -0.203. The Morgan fingerprint density at radius 3 is 1.58 bits per heavy atom. The number of methoxy groups -OCH3 is 2. The summed E-state index contributed by atoms with van der Waals surface area (Å²) in [5.74, 6) is 0. The van der Waals surface area contributed by atoms with Crippen molar-refractivity contribution in [3.63, 3.8) is 0 Å². The SMILES string of the molecule is Bc1ccc(C2(OCOC)CCC(OCOC)(c3ccc(BOC(C)(C)C(C)(C)O)cc3)CC2)cc1. The first-order valence-electron chi connectivity index (χ1n) is 12.8. The second kappa shape index (κ2) is 11.8. The minimum atomic E-state index is -0.943. The first-order valence-corrected chi connectivity index (χ1v) is 12.8. The van der Waals surface area contributed by atoms with Crippen LogP contribution >= 0.6 is 0 Å². The second-order valence-electron chi connectivity index (χ2n) is 11.0. The molecule has 1 fully saturated rings. The fourth-order valence-corrected chi connectivity index (χ4v) is 4.64. The molecule has 1 aliphatic rings. The van der Waals surface area contributed by atoms with E-state index in [2.05, 4.69) is 56.4 Å². The van der Waals surface area contributed by atoms with Gasteiger partial charge in [-0.25, -0.2) is 0 Å². The molecule has 0 saturated heterocycles. The van der Waals surface area contributed by atoms with Gasteiger partial charge in [-0.05, 0) is 64.5 Å². The Kier molecular flexibility index (Phi) is 9.47. The van der Waals surface area contributed by atoms with Crippen LogP contribution in [0.1, 0.15) is 64.5 Å². The fraction of sp³-hybridized carbons (Fsp3) is 0.571. The molecule has 196 valence electrons. The van der Waals surface area contributed by atoms with Gasteiger partial charge in [-0.3, -0.25) is 0 Å². The van der Waals surface area contributed by atoms with Gasteiger partial charge in [-0.1, -0.05) is 59.5 Å². The summed E-state index contributed by atoms with van der Waals surface area (Å²) in [4.78, 5) is 0. The summed E-state index contributed by atoms with van der Waals surface area (Å²) in [5, 5.41) is 10.4. The van der Waals surface area contributed by atoms with Crippen molar-refractivity contribution >= 4 is 26.3 Å². The standard InChI is InChI=1S/C28H42B2O6/c1-25(2,31)26(3,4)36-30-24-13-9-22(10-14-24)28(35-20-33-6)17-15-27(16-18-28,34-19-32-5)21-7-11-23(29)12-8-21/h7-14,30-31H,15-20,29H2,1-6H3. The van der Waals surface area contributed by atoms with Gasteiger partial charge >= 0.3 is 7.48 Å². The molecule has 1 N–H and O–H groups in total. The summed E-state index contributed by atoms with van der Waals surface area (Å²) in [6.07, 6.45) is 3.17. The van der Waals surface area contributed by atoms with Crippen LogP contribution in [0.2, 0.25) is 0 Å². The number of rotatable bonds is 12. The molecule has 6 nitrogen and oxygen atoms in total. The Balaban J connectivity index is 1.80. The molecule has 8 heteroatoms. The quantitative estimate of drug-likeness (QED) is 0.360. The average molecular weight is 496 g/mol. The van der Waals surface area contributed by atoms with E-state index in [-0.39, 0.29) is 13.6 Å². The molecule has 0 radical (unpaired) electrons. The highest BCUT2D eigenvalue weighted by atomic mass is 16.7. The van der Waals surface area contributed by atoms with Gasteiger partial charge in [0.2, 0.25) is 0 Å². The molecule has 0 spiro atoms. The molecular weight excluding hydrogens is 454 g/mol. The van der Waals surface area contributed by atoms with E-state index in [1.54, 1.807) is 28.1 Å². The van der Waals surface area contributed by atoms with E-state index in [1.165, 1.54) is 11.0 Å². The fourth-order valence-electron chi connectivity index (χ4n) is 4.64. The second-order valence-corrected chi connectivity index (χ2v) is 11.0. The molecule has 0 bridgehead atoms. The van der Waals surface area contributed by atoms with Crippen LogP contribution in [0, 0.1) is 0 Å². The Morgan fingerprint density at radius 2 is 1.19 bits per heavy atom. The van der Waals surface area contributed by atoms with E-state index in [4.69, 9.17) is 23.6 Å². The van der Waals surface area contributed by atoms with Crippen LogP contribution in [0.4, 0.5) is 0 Å². The number of hydrogen-bond donors (Lipinski definition) is 1. The van der Waals surface area contributed by atoms with Crippen molar-refractivity contribution < 1.29 is 28.7 Å². The highest BCUT2D eigenvalue weighted by Crippen LogP contribution is 2.49. The molecule has 2 aromatic carbocycles. The normalized spacial score (nSPS) is 23.0. The highest BCUT2D eigenvalue weighted by Gasteiger charge is 2.46. The predicted molar refractivity (Wildman–Crippen MR) is 147 cm³/mol. The van der Waals surface area contributed by atoms with Gasteiger partial charge in [-0.15, -0.1) is 0 Å². The van der Waals surface area contributed by atoms with Crippen molar-refractivity contribution in [2.75, 3.05) is 27.8 Å². The van der Waals surface area contributed by atoms with Crippen LogP contribution in [-0.4, -0.2) is 59.4 Å². The lowest BCUT2D eigenvalue weighted by Crippen LogP contribution is -2.49. The molecule has 1 aliphatic carbocycles. The van der Waals surface area contributed by atoms with Crippen LogP contribution in [0.25, 0.3) is 0 Å². The van der Waals surface area contributed by atoms with Crippen LogP contribution in [0.5, 0.6) is 0 Å². The van der Waals surface area contributed by atoms with Crippen molar-refractivity contribution in [2.24, 2.45) is 0 Å². The topological polar surface area (TPSA) is 66.4 Å².